The second kappa shape index (κ2) is 5.73. The molecule has 4 rings (SSSR count). The first kappa shape index (κ1) is 16.9. The molecule has 5 nitrogen and oxygen atoms in total. The zero-order valence-electron chi connectivity index (χ0n) is 15.5. The number of hydrogen-bond donors (Lipinski definition) is 0. The first-order chi connectivity index (χ1) is 12.3. The maximum absolute atomic E-state index is 12.9. The number of ketones is 1. The number of carbonyl (C=O) groups excluding carboxylic acids is 1. The van der Waals surface area contributed by atoms with E-state index in [0.717, 1.165) is 17.5 Å². The van der Waals surface area contributed by atoms with Crippen LogP contribution in [-0.4, -0.2) is 18.0 Å². The quantitative estimate of drug-likeness (QED) is 0.758. The van der Waals surface area contributed by atoms with Crippen molar-refractivity contribution >= 4 is 22.8 Å². The number of ether oxygens (including phenoxy) is 2. The number of fused-ring (bicyclic) bond motifs is 6. The zero-order chi connectivity index (χ0) is 18.6. The molecule has 0 saturated heterocycles. The van der Waals surface area contributed by atoms with Crippen LogP contribution in [-0.2, 0) is 6.42 Å². The SMILES string of the molecule is CCCc1cc(=O)oc2c3c(c4c(c12)OC(C)(C)C=C4)OCC(C)C3=O. The molecule has 26 heavy (non-hydrogen) atoms. The third-order valence-corrected chi connectivity index (χ3v) is 4.92. The van der Waals surface area contributed by atoms with Gasteiger partial charge in [0.2, 0.25) is 0 Å². The van der Waals surface area contributed by atoms with Crippen LogP contribution in [0.3, 0.4) is 0 Å². The van der Waals surface area contributed by atoms with Crippen molar-refractivity contribution in [2.45, 2.75) is 46.1 Å². The molecule has 2 aliphatic rings. The summed E-state index contributed by atoms with van der Waals surface area (Å²) in [5, 5.41) is 0.712. The van der Waals surface area contributed by atoms with Gasteiger partial charge in [0.05, 0.1) is 23.5 Å². The van der Waals surface area contributed by atoms with Crippen molar-refractivity contribution in [3.8, 4) is 11.5 Å². The highest BCUT2D eigenvalue weighted by Gasteiger charge is 2.36. The monoisotopic (exact) mass is 354 g/mol. The van der Waals surface area contributed by atoms with Crippen molar-refractivity contribution in [3.63, 3.8) is 0 Å². The molecule has 1 unspecified atom stereocenters. The number of Topliss-reactive ketones (excluding diaryl/α,β-unsaturated/α-hetero) is 1. The second-order valence-electron chi connectivity index (χ2n) is 7.61. The number of benzene rings is 1. The Hall–Kier alpha value is -2.56. The van der Waals surface area contributed by atoms with Crippen molar-refractivity contribution < 1.29 is 18.7 Å². The zero-order valence-corrected chi connectivity index (χ0v) is 15.5. The van der Waals surface area contributed by atoms with Crippen molar-refractivity contribution in [2.24, 2.45) is 5.92 Å². The Morgan fingerprint density at radius 2 is 2.00 bits per heavy atom. The molecule has 0 saturated carbocycles. The molecule has 3 heterocycles. The molecule has 2 aliphatic heterocycles. The maximum atomic E-state index is 12.9. The lowest BCUT2D eigenvalue weighted by Gasteiger charge is -2.32. The Morgan fingerprint density at radius 3 is 2.73 bits per heavy atom. The van der Waals surface area contributed by atoms with E-state index in [4.69, 9.17) is 13.9 Å². The Balaban J connectivity index is 2.18. The molecule has 1 aromatic carbocycles. The number of aryl methyl sites for hydroxylation is 1. The molecule has 0 radical (unpaired) electrons. The van der Waals surface area contributed by atoms with Gasteiger partial charge in [0, 0.05) is 6.07 Å². The minimum absolute atomic E-state index is 0.0610. The molecule has 1 atom stereocenters. The molecule has 0 bridgehead atoms. The topological polar surface area (TPSA) is 65.7 Å². The lowest BCUT2D eigenvalue weighted by atomic mass is 9.88. The molecular formula is C21H22O5. The summed E-state index contributed by atoms with van der Waals surface area (Å²) in [6.07, 6.45) is 5.46. The van der Waals surface area contributed by atoms with Crippen molar-refractivity contribution in [1.29, 1.82) is 0 Å². The van der Waals surface area contributed by atoms with Gasteiger partial charge in [0.15, 0.2) is 11.4 Å². The highest BCUT2D eigenvalue weighted by molar-refractivity contribution is 6.14. The second-order valence-corrected chi connectivity index (χ2v) is 7.61. The predicted octanol–water partition coefficient (Wildman–Crippen LogP) is 4.14. The molecule has 136 valence electrons. The lowest BCUT2D eigenvalue weighted by molar-refractivity contribution is 0.0848. The Labute approximate surface area is 151 Å². The van der Waals surface area contributed by atoms with Gasteiger partial charge in [-0.3, -0.25) is 4.79 Å². The molecule has 0 aliphatic carbocycles. The summed E-state index contributed by atoms with van der Waals surface area (Å²) < 4.78 is 17.7. The fourth-order valence-corrected chi connectivity index (χ4v) is 3.65. The summed E-state index contributed by atoms with van der Waals surface area (Å²) in [5.41, 5.74) is 1.28. The van der Waals surface area contributed by atoms with Gasteiger partial charge in [0.25, 0.3) is 0 Å². The Kier molecular flexibility index (Phi) is 3.72. The van der Waals surface area contributed by atoms with E-state index < -0.39 is 11.2 Å². The van der Waals surface area contributed by atoms with E-state index >= 15 is 0 Å². The summed E-state index contributed by atoms with van der Waals surface area (Å²) in [7, 11) is 0. The van der Waals surface area contributed by atoms with E-state index in [1.165, 1.54) is 6.07 Å². The smallest absolute Gasteiger partial charge is 0.336 e. The molecular weight excluding hydrogens is 332 g/mol. The van der Waals surface area contributed by atoms with E-state index in [1.54, 1.807) is 0 Å². The van der Waals surface area contributed by atoms with Gasteiger partial charge in [0.1, 0.15) is 22.7 Å². The summed E-state index contributed by atoms with van der Waals surface area (Å²) in [6, 6.07) is 1.50. The van der Waals surface area contributed by atoms with E-state index in [9.17, 15) is 9.59 Å². The van der Waals surface area contributed by atoms with E-state index in [0.29, 0.717) is 35.5 Å². The van der Waals surface area contributed by atoms with Gasteiger partial charge in [-0.05, 0) is 38.0 Å². The van der Waals surface area contributed by atoms with Gasteiger partial charge in [-0.1, -0.05) is 20.3 Å². The summed E-state index contributed by atoms with van der Waals surface area (Å²) >= 11 is 0. The number of rotatable bonds is 2. The van der Waals surface area contributed by atoms with Crippen LogP contribution in [0.15, 0.2) is 21.4 Å². The van der Waals surface area contributed by atoms with Crippen LogP contribution < -0.4 is 15.1 Å². The minimum Gasteiger partial charge on any atom is -0.491 e. The molecule has 5 heteroatoms. The molecule has 0 fully saturated rings. The van der Waals surface area contributed by atoms with Crippen LogP contribution in [0.25, 0.3) is 17.0 Å². The maximum Gasteiger partial charge on any atom is 0.336 e. The Morgan fingerprint density at radius 1 is 1.23 bits per heavy atom. The van der Waals surface area contributed by atoms with Crippen LogP contribution in [0.1, 0.15) is 55.6 Å². The van der Waals surface area contributed by atoms with Crippen LogP contribution in [0.2, 0.25) is 0 Å². The molecule has 2 aromatic rings. The molecule has 0 amide bonds. The largest absolute Gasteiger partial charge is 0.491 e. The van der Waals surface area contributed by atoms with Gasteiger partial charge in [-0.25, -0.2) is 4.79 Å². The summed E-state index contributed by atoms with van der Waals surface area (Å²) in [6.45, 7) is 8.10. The highest BCUT2D eigenvalue weighted by atomic mass is 16.5. The average molecular weight is 354 g/mol. The third kappa shape index (κ3) is 2.45. The van der Waals surface area contributed by atoms with Gasteiger partial charge < -0.3 is 13.9 Å². The number of carbonyl (C=O) groups is 1. The molecule has 1 aromatic heterocycles. The average Bonchev–Trinajstić information content (AvgIpc) is 2.56. The van der Waals surface area contributed by atoms with E-state index in [2.05, 4.69) is 0 Å². The van der Waals surface area contributed by atoms with Crippen LogP contribution in [0.5, 0.6) is 11.5 Å². The van der Waals surface area contributed by atoms with E-state index in [1.807, 2.05) is 39.8 Å². The lowest BCUT2D eigenvalue weighted by Crippen LogP contribution is -2.31. The van der Waals surface area contributed by atoms with Crippen molar-refractivity contribution in [1.82, 2.24) is 0 Å². The van der Waals surface area contributed by atoms with Crippen LogP contribution >= 0.6 is 0 Å². The fraction of sp³-hybridized carbons (Fsp3) is 0.429. The minimum atomic E-state index is -0.500. The first-order valence-electron chi connectivity index (χ1n) is 9.04. The van der Waals surface area contributed by atoms with Gasteiger partial charge in [-0.2, -0.15) is 0 Å². The first-order valence-corrected chi connectivity index (χ1v) is 9.04. The third-order valence-electron chi connectivity index (χ3n) is 4.92. The number of hydrogen-bond acceptors (Lipinski definition) is 5. The summed E-state index contributed by atoms with van der Waals surface area (Å²) in [4.78, 5) is 25.1. The fourth-order valence-electron chi connectivity index (χ4n) is 3.65. The molecule has 0 N–H and O–H groups in total. The van der Waals surface area contributed by atoms with Crippen molar-refractivity contribution in [3.05, 3.63) is 39.3 Å². The van der Waals surface area contributed by atoms with Gasteiger partial charge in [-0.15, -0.1) is 0 Å². The normalized spacial score (nSPS) is 20.3. The van der Waals surface area contributed by atoms with Crippen molar-refractivity contribution in [2.75, 3.05) is 6.61 Å². The van der Waals surface area contributed by atoms with Crippen LogP contribution in [0.4, 0.5) is 0 Å². The van der Waals surface area contributed by atoms with E-state index in [-0.39, 0.29) is 17.3 Å². The predicted molar refractivity (Wildman–Crippen MR) is 99.2 cm³/mol. The van der Waals surface area contributed by atoms with Crippen LogP contribution in [0, 0.1) is 5.92 Å². The highest BCUT2D eigenvalue weighted by Crippen LogP contribution is 2.48. The standard InChI is InChI=1S/C21H22O5/c1-5-6-12-9-14(22)25-20-15(12)19-13(7-8-21(3,4)26-19)18-16(20)17(23)11(2)10-24-18/h7-9,11H,5-6,10H2,1-4H3. The molecule has 0 spiro atoms. The summed E-state index contributed by atoms with van der Waals surface area (Å²) in [5.74, 6) is 0.739. The van der Waals surface area contributed by atoms with Gasteiger partial charge >= 0.3 is 5.63 Å². The Bertz CT molecular complexity index is 1010.